The molecule has 0 aliphatic carbocycles. The Bertz CT molecular complexity index is 488. The van der Waals surface area contributed by atoms with Crippen LogP contribution in [0.5, 0.6) is 0 Å². The molecule has 0 aromatic carbocycles. The first-order valence-corrected chi connectivity index (χ1v) is 6.31. The van der Waals surface area contributed by atoms with Crippen molar-refractivity contribution in [2.75, 3.05) is 5.32 Å². The average Bonchev–Trinajstić information content (AvgIpc) is 2.36. The molecule has 0 bridgehead atoms. The van der Waals surface area contributed by atoms with Crippen LogP contribution in [0.25, 0.3) is 0 Å². The molecule has 1 rings (SSSR count). The predicted octanol–water partition coefficient (Wildman–Crippen LogP) is 3.05. The van der Waals surface area contributed by atoms with E-state index >= 15 is 0 Å². The van der Waals surface area contributed by atoms with Gasteiger partial charge in [0.2, 0.25) is 0 Å². The standard InChI is InChI=1S/C13H18F3N3O/c1-4-7(2)8(3)18-12-9(11(17)20)5-6-10(19-12)13(14,15)16/h5-8H,4H2,1-3H3,(H2,17,20)(H,18,19). The van der Waals surface area contributed by atoms with E-state index in [4.69, 9.17) is 5.73 Å². The zero-order valence-electron chi connectivity index (χ0n) is 11.6. The van der Waals surface area contributed by atoms with Gasteiger partial charge < -0.3 is 11.1 Å². The van der Waals surface area contributed by atoms with Gasteiger partial charge in [-0.25, -0.2) is 4.98 Å². The monoisotopic (exact) mass is 289 g/mol. The van der Waals surface area contributed by atoms with Crippen molar-refractivity contribution in [3.05, 3.63) is 23.4 Å². The quantitative estimate of drug-likeness (QED) is 0.875. The molecule has 4 nitrogen and oxygen atoms in total. The Morgan fingerprint density at radius 3 is 2.45 bits per heavy atom. The van der Waals surface area contributed by atoms with Crippen LogP contribution < -0.4 is 11.1 Å². The number of amides is 1. The summed E-state index contributed by atoms with van der Waals surface area (Å²) in [5, 5.41) is 2.84. The topological polar surface area (TPSA) is 68.0 Å². The van der Waals surface area contributed by atoms with Crippen LogP contribution in [0.4, 0.5) is 19.0 Å². The highest BCUT2D eigenvalue weighted by Gasteiger charge is 2.33. The molecule has 1 aromatic rings. The third-order valence-corrected chi connectivity index (χ3v) is 3.31. The summed E-state index contributed by atoms with van der Waals surface area (Å²) in [6.45, 7) is 5.74. The third kappa shape index (κ3) is 3.85. The number of alkyl halides is 3. The van der Waals surface area contributed by atoms with Gasteiger partial charge in [-0.1, -0.05) is 20.3 Å². The molecule has 3 N–H and O–H groups in total. The van der Waals surface area contributed by atoms with Crippen molar-refractivity contribution in [2.24, 2.45) is 11.7 Å². The van der Waals surface area contributed by atoms with Gasteiger partial charge >= 0.3 is 6.18 Å². The molecule has 1 heterocycles. The molecule has 0 radical (unpaired) electrons. The SMILES string of the molecule is CCC(C)C(C)Nc1nc(C(F)(F)F)ccc1C(N)=O. The van der Waals surface area contributed by atoms with Gasteiger partial charge in [-0.05, 0) is 25.0 Å². The molecule has 20 heavy (non-hydrogen) atoms. The number of carbonyl (C=O) groups excluding carboxylic acids is 1. The Morgan fingerprint density at radius 2 is 2.00 bits per heavy atom. The number of aromatic nitrogens is 1. The molecule has 7 heteroatoms. The second-order valence-electron chi connectivity index (χ2n) is 4.77. The van der Waals surface area contributed by atoms with Gasteiger partial charge in [-0.15, -0.1) is 0 Å². The lowest BCUT2D eigenvalue weighted by molar-refractivity contribution is -0.141. The number of hydrogen-bond donors (Lipinski definition) is 2. The lowest BCUT2D eigenvalue weighted by Crippen LogP contribution is -2.27. The third-order valence-electron chi connectivity index (χ3n) is 3.31. The Balaban J connectivity index is 3.16. The molecule has 0 fully saturated rings. The molecule has 2 unspecified atom stereocenters. The van der Waals surface area contributed by atoms with E-state index in [1.165, 1.54) is 0 Å². The maximum Gasteiger partial charge on any atom is 0.433 e. The zero-order valence-corrected chi connectivity index (χ0v) is 11.6. The van der Waals surface area contributed by atoms with E-state index < -0.39 is 17.8 Å². The Labute approximate surface area is 115 Å². The molecule has 1 amide bonds. The second kappa shape index (κ2) is 6.11. The minimum absolute atomic E-state index is 0.0480. The fraction of sp³-hybridized carbons (Fsp3) is 0.538. The lowest BCUT2D eigenvalue weighted by Gasteiger charge is -2.22. The lowest BCUT2D eigenvalue weighted by atomic mass is 10.0. The number of rotatable bonds is 5. The van der Waals surface area contributed by atoms with E-state index in [1.807, 2.05) is 20.8 Å². The van der Waals surface area contributed by atoms with E-state index in [1.54, 1.807) is 0 Å². The molecule has 0 saturated carbocycles. The van der Waals surface area contributed by atoms with Crippen molar-refractivity contribution in [1.82, 2.24) is 4.98 Å². The molecular formula is C13H18F3N3O. The summed E-state index contributed by atoms with van der Waals surface area (Å²) in [5.41, 5.74) is 4.06. The van der Waals surface area contributed by atoms with Crippen molar-refractivity contribution in [3.8, 4) is 0 Å². The Kier molecular flexibility index (Phi) is 4.97. The van der Waals surface area contributed by atoms with Crippen LogP contribution in [0.2, 0.25) is 0 Å². The van der Waals surface area contributed by atoms with Crippen LogP contribution in [-0.2, 0) is 6.18 Å². The minimum Gasteiger partial charge on any atom is -0.367 e. The summed E-state index contributed by atoms with van der Waals surface area (Å²) in [7, 11) is 0. The van der Waals surface area contributed by atoms with Crippen molar-refractivity contribution < 1.29 is 18.0 Å². The summed E-state index contributed by atoms with van der Waals surface area (Å²) < 4.78 is 38.0. The number of carbonyl (C=O) groups is 1. The summed E-state index contributed by atoms with van der Waals surface area (Å²) in [5.74, 6) is -0.725. The highest BCUT2D eigenvalue weighted by Crippen LogP contribution is 2.30. The maximum atomic E-state index is 12.7. The average molecular weight is 289 g/mol. The number of pyridine rings is 1. The second-order valence-corrected chi connectivity index (χ2v) is 4.77. The van der Waals surface area contributed by atoms with Gasteiger partial charge in [0.05, 0.1) is 5.56 Å². The Morgan fingerprint density at radius 1 is 1.40 bits per heavy atom. The summed E-state index contributed by atoms with van der Waals surface area (Å²) in [6, 6.07) is 1.66. The number of hydrogen-bond acceptors (Lipinski definition) is 3. The molecule has 112 valence electrons. The Hall–Kier alpha value is -1.79. The van der Waals surface area contributed by atoms with Crippen LogP contribution in [0.1, 0.15) is 43.2 Å². The van der Waals surface area contributed by atoms with Crippen molar-refractivity contribution >= 4 is 11.7 Å². The first kappa shape index (κ1) is 16.3. The largest absolute Gasteiger partial charge is 0.433 e. The number of nitrogens with one attached hydrogen (secondary N) is 1. The molecule has 0 spiro atoms. The molecular weight excluding hydrogens is 271 g/mol. The van der Waals surface area contributed by atoms with E-state index in [0.29, 0.717) is 0 Å². The van der Waals surface area contributed by atoms with Crippen molar-refractivity contribution in [2.45, 2.75) is 39.4 Å². The highest BCUT2D eigenvalue weighted by molar-refractivity contribution is 5.97. The number of primary amides is 1. The smallest absolute Gasteiger partial charge is 0.367 e. The number of nitrogens with zero attached hydrogens (tertiary/aromatic N) is 1. The first-order chi connectivity index (χ1) is 9.16. The summed E-state index contributed by atoms with van der Waals surface area (Å²) in [4.78, 5) is 14.7. The molecule has 1 aromatic heterocycles. The van der Waals surface area contributed by atoms with Gasteiger partial charge in [-0.3, -0.25) is 4.79 Å². The molecule has 0 aliphatic rings. The van der Waals surface area contributed by atoms with Crippen molar-refractivity contribution in [3.63, 3.8) is 0 Å². The van der Waals surface area contributed by atoms with Crippen molar-refractivity contribution in [1.29, 1.82) is 0 Å². The van der Waals surface area contributed by atoms with E-state index in [-0.39, 0.29) is 23.3 Å². The number of nitrogens with two attached hydrogens (primary N) is 1. The van der Waals surface area contributed by atoms with Gasteiger partial charge in [0.15, 0.2) is 0 Å². The molecule has 0 aliphatic heterocycles. The van der Waals surface area contributed by atoms with Crippen LogP contribution in [0.15, 0.2) is 12.1 Å². The highest BCUT2D eigenvalue weighted by atomic mass is 19.4. The van der Waals surface area contributed by atoms with Gasteiger partial charge in [0.1, 0.15) is 11.5 Å². The minimum atomic E-state index is -4.56. The summed E-state index contributed by atoms with van der Waals surface area (Å²) >= 11 is 0. The molecule has 2 atom stereocenters. The van der Waals surface area contributed by atoms with Gasteiger partial charge in [-0.2, -0.15) is 13.2 Å². The number of anilines is 1. The van der Waals surface area contributed by atoms with Gasteiger partial charge in [0.25, 0.3) is 5.91 Å². The fourth-order valence-electron chi connectivity index (χ4n) is 1.64. The first-order valence-electron chi connectivity index (χ1n) is 6.31. The van der Waals surface area contributed by atoms with Crippen LogP contribution in [-0.4, -0.2) is 16.9 Å². The fourth-order valence-corrected chi connectivity index (χ4v) is 1.64. The van der Waals surface area contributed by atoms with Crippen LogP contribution >= 0.6 is 0 Å². The van der Waals surface area contributed by atoms with Crippen LogP contribution in [0.3, 0.4) is 0 Å². The van der Waals surface area contributed by atoms with E-state index in [0.717, 1.165) is 18.6 Å². The summed E-state index contributed by atoms with van der Waals surface area (Å²) in [6.07, 6.45) is -3.72. The normalized spacial score (nSPS) is 14.7. The maximum absolute atomic E-state index is 12.7. The van der Waals surface area contributed by atoms with Gasteiger partial charge in [0, 0.05) is 6.04 Å². The zero-order chi connectivity index (χ0) is 15.5. The predicted molar refractivity (Wildman–Crippen MR) is 70.3 cm³/mol. The molecule has 0 saturated heterocycles. The van der Waals surface area contributed by atoms with E-state index in [2.05, 4.69) is 10.3 Å². The number of halogens is 3. The van der Waals surface area contributed by atoms with E-state index in [9.17, 15) is 18.0 Å². The van der Waals surface area contributed by atoms with Crippen LogP contribution in [0, 0.1) is 5.92 Å².